The topological polar surface area (TPSA) is 0 Å². The van der Waals surface area contributed by atoms with E-state index in [1.54, 1.807) is 0 Å². The van der Waals surface area contributed by atoms with Gasteiger partial charge in [-0.25, -0.2) is 0 Å². The molecular formula is AmEuSmTb. The first-order valence-electron chi connectivity index (χ1n) is 0. The minimum atomic E-state index is 0. The van der Waals surface area contributed by atoms with Gasteiger partial charge in [0.1, 0.15) is 0 Å². The van der Waals surface area contributed by atoms with Crippen molar-refractivity contribution in [2.75, 3.05) is 0 Å². The van der Waals surface area contributed by atoms with Gasteiger partial charge in [-0.3, -0.25) is 0 Å². The molecule has 0 heterocycles. The van der Waals surface area contributed by atoms with Gasteiger partial charge in [0.25, 0.3) is 0 Å². The Morgan fingerprint density at radius 1 is 1.00 bits per heavy atom. The van der Waals surface area contributed by atoms with Crippen LogP contribution in [0.3, 0.4) is 0 Å². The van der Waals surface area contributed by atoms with Gasteiger partial charge in [-0.2, -0.15) is 0 Å². The molecule has 0 saturated carbocycles. The van der Waals surface area contributed by atoms with Gasteiger partial charge in [0.15, 0.2) is 0 Å². The van der Waals surface area contributed by atoms with E-state index in [1.807, 2.05) is 0 Å². The van der Waals surface area contributed by atoms with Crippen LogP contribution >= 0.6 is 0 Å². The zero-order valence-electron chi connectivity index (χ0n) is 1.50. The Balaban J connectivity index is 0. The molecule has 0 aromatic carbocycles. The van der Waals surface area contributed by atoms with Crippen molar-refractivity contribution in [2.45, 2.75) is 0 Å². The molecule has 0 fully saturated rings. The van der Waals surface area contributed by atoms with Crippen LogP contribution in [0.5, 0.6) is 0 Å². The van der Waals surface area contributed by atoms with Crippen LogP contribution in [0.15, 0.2) is 0 Å². The summed E-state index contributed by atoms with van der Waals surface area (Å²) in [7, 11) is 0. The molecule has 0 N–H and O–H groups in total. The average molecular weight is 704 g/mol. The van der Waals surface area contributed by atoms with Crippen LogP contribution in [-0.4, -0.2) is 0 Å². The van der Waals surface area contributed by atoms with E-state index in [0.717, 1.165) is 0 Å². The second-order valence-corrected chi connectivity index (χ2v) is 0. The molecule has 4 heteroatoms. The Kier molecular flexibility index (Phi) is 91.8. The SMILES string of the molecule is [Am].[Eu].[Sm].[Tb]. The molecule has 0 atom stereocenters. The molecule has 0 bridgehead atoms. The first kappa shape index (κ1) is 23.5. The van der Waals surface area contributed by atoms with Gasteiger partial charge in [0, 0.05) is 143 Å². The summed E-state index contributed by atoms with van der Waals surface area (Å²) in [6.07, 6.45) is 0. The summed E-state index contributed by atoms with van der Waals surface area (Å²) >= 11 is 0. The summed E-state index contributed by atoms with van der Waals surface area (Å²) in [6, 6.07) is 0. The zero-order valence-corrected chi connectivity index (χ0v) is 11.8. The Hall–Kier alpha value is 4.60. The van der Waals surface area contributed by atoms with E-state index in [2.05, 4.69) is 0 Å². The van der Waals surface area contributed by atoms with Gasteiger partial charge in [0.05, 0.1) is 0 Å². The molecule has 0 spiro atoms. The van der Waals surface area contributed by atoms with Crippen molar-refractivity contribution in [2.24, 2.45) is 0 Å². The number of hydrogen-bond donors (Lipinski definition) is 0. The Labute approximate surface area is 138 Å². The van der Waals surface area contributed by atoms with Crippen molar-refractivity contribution < 1.29 is 143 Å². The summed E-state index contributed by atoms with van der Waals surface area (Å²) in [5.41, 5.74) is 0. The van der Waals surface area contributed by atoms with Crippen molar-refractivity contribution in [3.8, 4) is 0 Å². The van der Waals surface area contributed by atoms with E-state index in [-0.39, 0.29) is 143 Å². The fraction of sp³-hybridized carbons (Fsp3) is 0. The maximum Gasteiger partial charge on any atom is 0 e. The maximum absolute atomic E-state index is 0. The monoisotopic (exact) mass is 705 g/mol. The van der Waals surface area contributed by atoms with Crippen LogP contribution in [0, 0.1) is 143 Å². The Morgan fingerprint density at radius 3 is 1.00 bits per heavy atom. The third kappa shape index (κ3) is 9.78. The molecule has 3 radical (unpaired) electrons. The molecule has 0 saturated heterocycles. The minimum Gasteiger partial charge on any atom is 0 e. The molecule has 4 heavy (non-hydrogen) atoms. The standard InChI is InChI=1S/Am.Eu.Sm.Tb. The van der Waals surface area contributed by atoms with Crippen LogP contribution in [0.25, 0.3) is 0 Å². The quantitative estimate of drug-likeness (QED) is 0.334. The maximum atomic E-state index is 0. The molecule has 0 amide bonds. The third-order valence-electron chi connectivity index (χ3n) is 0. The fourth-order valence-corrected chi connectivity index (χ4v) is 0. The van der Waals surface area contributed by atoms with E-state index in [0.29, 0.717) is 0 Å². The molecule has 0 unspecified atom stereocenters. The van der Waals surface area contributed by atoms with Crippen molar-refractivity contribution in [3.63, 3.8) is 0 Å². The number of hydrogen-bond acceptors (Lipinski definition) is 0. The van der Waals surface area contributed by atoms with E-state index in [1.165, 1.54) is 0 Å². The third-order valence-corrected chi connectivity index (χ3v) is 0. The van der Waals surface area contributed by atoms with Crippen LogP contribution in [-0.2, 0) is 0 Å². The zero-order chi connectivity index (χ0) is 0. The molecule has 29 valence electrons. The molecule has 0 rings (SSSR count). The largest absolute Gasteiger partial charge is 0 e. The van der Waals surface area contributed by atoms with Crippen LogP contribution in [0.4, 0.5) is 0 Å². The predicted molar refractivity (Wildman–Crippen MR) is 0 cm³/mol. The predicted octanol–water partition coefficient (Wildman–Crippen LogP) is 0. The average Bonchev–Trinajstić information content (AvgIpc) is 0. The summed E-state index contributed by atoms with van der Waals surface area (Å²) < 4.78 is 0. The Morgan fingerprint density at radius 2 is 1.00 bits per heavy atom. The molecule has 0 aliphatic heterocycles. The summed E-state index contributed by atoms with van der Waals surface area (Å²) in [6.45, 7) is 0. The van der Waals surface area contributed by atoms with Crippen LogP contribution in [0.2, 0.25) is 0 Å². The molecular weight excluding hydrogens is 704 g/mol. The van der Waals surface area contributed by atoms with Crippen molar-refractivity contribution in [1.29, 1.82) is 0 Å². The van der Waals surface area contributed by atoms with Gasteiger partial charge in [0.2, 0.25) is 0 Å². The van der Waals surface area contributed by atoms with Crippen molar-refractivity contribution in [1.82, 2.24) is 0 Å². The summed E-state index contributed by atoms with van der Waals surface area (Å²) in [4.78, 5) is 0. The first-order valence-corrected chi connectivity index (χ1v) is 0. The Bertz CT molecular complexity index is 8.00. The first-order chi connectivity index (χ1) is 0. The second-order valence-electron chi connectivity index (χ2n) is 0. The van der Waals surface area contributed by atoms with Gasteiger partial charge < -0.3 is 0 Å². The van der Waals surface area contributed by atoms with Gasteiger partial charge in [-0.1, -0.05) is 0 Å². The van der Waals surface area contributed by atoms with Crippen LogP contribution in [0.1, 0.15) is 0 Å². The van der Waals surface area contributed by atoms with E-state index >= 15 is 0 Å². The summed E-state index contributed by atoms with van der Waals surface area (Å²) in [5, 5.41) is 0. The normalized spacial score (nSPS) is 0. The molecule has 0 aliphatic rings. The van der Waals surface area contributed by atoms with Crippen molar-refractivity contribution >= 4 is 0 Å². The van der Waals surface area contributed by atoms with Crippen molar-refractivity contribution in [3.05, 3.63) is 0 Å². The van der Waals surface area contributed by atoms with E-state index in [9.17, 15) is 0 Å². The molecule has 0 aromatic rings. The van der Waals surface area contributed by atoms with E-state index < -0.39 is 0 Å². The molecule has 0 nitrogen and oxygen atoms in total. The smallest absolute Gasteiger partial charge is 0 e. The van der Waals surface area contributed by atoms with E-state index in [4.69, 9.17) is 0 Å². The molecule has 0 aliphatic carbocycles. The van der Waals surface area contributed by atoms with Gasteiger partial charge >= 0.3 is 0 Å². The minimum absolute atomic E-state index is 0. The number of rotatable bonds is 0. The fourth-order valence-electron chi connectivity index (χ4n) is 0. The van der Waals surface area contributed by atoms with Crippen LogP contribution < -0.4 is 0 Å². The van der Waals surface area contributed by atoms with Gasteiger partial charge in [-0.15, -0.1) is 0 Å². The second kappa shape index (κ2) is 15.6. The van der Waals surface area contributed by atoms with Gasteiger partial charge in [-0.05, 0) is 0 Å². The summed E-state index contributed by atoms with van der Waals surface area (Å²) in [5.74, 6) is 0. The molecule has 0 aromatic heterocycles.